The highest BCUT2D eigenvalue weighted by molar-refractivity contribution is 7.18. The van der Waals surface area contributed by atoms with Crippen LogP contribution in [-0.4, -0.2) is 23.0 Å². The molecule has 1 atom stereocenters. The normalized spacial score (nSPS) is 11.8. The molecule has 0 saturated heterocycles. The Hall–Kier alpha value is -3.00. The summed E-state index contributed by atoms with van der Waals surface area (Å²) in [6.45, 7) is 2.52. The van der Waals surface area contributed by atoms with Gasteiger partial charge >= 0.3 is 6.03 Å². The number of aromatic nitrogens is 1. The van der Waals surface area contributed by atoms with E-state index in [1.165, 1.54) is 23.5 Å². The van der Waals surface area contributed by atoms with Gasteiger partial charge in [-0.05, 0) is 36.2 Å². The van der Waals surface area contributed by atoms with E-state index in [0.717, 1.165) is 27.2 Å². The minimum absolute atomic E-state index is 0.247. The van der Waals surface area contributed by atoms with E-state index in [0.29, 0.717) is 13.0 Å². The molecule has 0 fully saturated rings. The lowest BCUT2D eigenvalue weighted by Gasteiger charge is -2.18. The number of halogens is 1. The predicted octanol–water partition coefficient (Wildman–Crippen LogP) is 3.72. The van der Waals surface area contributed by atoms with E-state index in [4.69, 9.17) is 0 Å². The van der Waals surface area contributed by atoms with Gasteiger partial charge in [-0.15, -0.1) is 11.3 Å². The summed E-state index contributed by atoms with van der Waals surface area (Å²) < 4.78 is 14.0. The molecule has 0 aliphatic carbocycles. The second-order valence-corrected chi connectivity index (χ2v) is 7.70. The number of hydrogen-bond acceptors (Lipinski definition) is 4. The zero-order chi connectivity index (χ0) is 20.6. The lowest BCUT2D eigenvalue weighted by molar-refractivity contribution is -0.123. The van der Waals surface area contributed by atoms with Gasteiger partial charge in [0, 0.05) is 6.54 Å². The van der Waals surface area contributed by atoms with Gasteiger partial charge in [0.25, 0.3) is 0 Å². The molecule has 1 unspecified atom stereocenters. The van der Waals surface area contributed by atoms with Crippen LogP contribution in [0.15, 0.2) is 48.5 Å². The van der Waals surface area contributed by atoms with Gasteiger partial charge in [0.2, 0.25) is 5.91 Å². The summed E-state index contributed by atoms with van der Waals surface area (Å²) in [7, 11) is 0. The summed E-state index contributed by atoms with van der Waals surface area (Å²) in [5.74, 6) is -0.575. The maximum Gasteiger partial charge on any atom is 0.315 e. The van der Waals surface area contributed by atoms with Crippen LogP contribution in [0.3, 0.4) is 0 Å². The fourth-order valence-corrected chi connectivity index (χ4v) is 3.74. The molecule has 0 aliphatic rings. The van der Waals surface area contributed by atoms with E-state index in [2.05, 4.69) is 20.9 Å². The summed E-state index contributed by atoms with van der Waals surface area (Å²) >= 11 is 1.53. The van der Waals surface area contributed by atoms with Crippen LogP contribution in [0.1, 0.15) is 30.3 Å². The molecule has 29 heavy (non-hydrogen) atoms. The van der Waals surface area contributed by atoms with Crippen molar-refractivity contribution in [3.63, 3.8) is 0 Å². The van der Waals surface area contributed by atoms with Crippen LogP contribution in [0.25, 0.3) is 10.2 Å². The molecule has 1 heterocycles. The Bertz CT molecular complexity index is 941. The third-order valence-corrected chi connectivity index (χ3v) is 5.35. The van der Waals surface area contributed by atoms with E-state index in [1.54, 1.807) is 12.1 Å². The number of para-hydroxylation sites is 1. The second kappa shape index (κ2) is 9.97. The minimum atomic E-state index is -0.636. The number of benzene rings is 2. The first-order valence-corrected chi connectivity index (χ1v) is 10.3. The second-order valence-electron chi connectivity index (χ2n) is 6.59. The number of nitrogens with one attached hydrogen (secondary N) is 3. The first kappa shape index (κ1) is 20.7. The number of hydrogen-bond donors (Lipinski definition) is 3. The predicted molar refractivity (Wildman–Crippen MR) is 112 cm³/mol. The van der Waals surface area contributed by atoms with Crippen LogP contribution >= 0.6 is 11.3 Å². The zero-order valence-electron chi connectivity index (χ0n) is 16.1. The molecule has 0 radical (unpaired) electrons. The van der Waals surface area contributed by atoms with Gasteiger partial charge in [-0.1, -0.05) is 37.6 Å². The Morgan fingerprint density at radius 3 is 2.55 bits per heavy atom. The molecule has 1 aromatic heterocycles. The van der Waals surface area contributed by atoms with Crippen molar-refractivity contribution in [2.24, 2.45) is 0 Å². The topological polar surface area (TPSA) is 83.1 Å². The van der Waals surface area contributed by atoms with Crippen molar-refractivity contribution in [3.05, 3.63) is 64.9 Å². The van der Waals surface area contributed by atoms with Crippen molar-refractivity contribution < 1.29 is 14.0 Å². The number of thiazole rings is 1. The largest absolute Gasteiger partial charge is 0.348 e. The SMILES string of the molecule is CCCC(NC(=O)NCc1ccc(F)cc1)C(=O)NCc1nc2ccccc2s1. The molecule has 2 aromatic carbocycles. The third-order valence-electron chi connectivity index (χ3n) is 4.32. The standard InChI is InChI=1S/C21H23FN4O2S/c1-2-5-17(26-21(28)24-12-14-8-10-15(22)11-9-14)20(27)23-13-19-25-16-6-3-4-7-18(16)29-19/h3-4,6-11,17H,2,5,12-13H2,1H3,(H,23,27)(H2,24,26,28). The highest BCUT2D eigenvalue weighted by atomic mass is 32.1. The van der Waals surface area contributed by atoms with E-state index in [9.17, 15) is 14.0 Å². The lowest BCUT2D eigenvalue weighted by atomic mass is 10.1. The molecule has 0 saturated carbocycles. The summed E-state index contributed by atoms with van der Waals surface area (Å²) in [6.07, 6.45) is 1.27. The monoisotopic (exact) mass is 414 g/mol. The van der Waals surface area contributed by atoms with Gasteiger partial charge in [-0.3, -0.25) is 4.79 Å². The number of nitrogens with zero attached hydrogens (tertiary/aromatic N) is 1. The molecular weight excluding hydrogens is 391 g/mol. The van der Waals surface area contributed by atoms with E-state index in [1.807, 2.05) is 31.2 Å². The average molecular weight is 415 g/mol. The van der Waals surface area contributed by atoms with Crippen molar-refractivity contribution in [2.75, 3.05) is 0 Å². The number of rotatable bonds is 8. The fraction of sp³-hybridized carbons (Fsp3) is 0.286. The Balaban J connectivity index is 1.51. The smallest absolute Gasteiger partial charge is 0.315 e. The Morgan fingerprint density at radius 2 is 1.83 bits per heavy atom. The summed E-state index contributed by atoms with van der Waals surface area (Å²) in [5, 5.41) is 9.07. The van der Waals surface area contributed by atoms with Crippen LogP contribution in [0.2, 0.25) is 0 Å². The molecule has 3 rings (SSSR count). The maximum atomic E-state index is 12.9. The molecule has 0 bridgehead atoms. The van der Waals surface area contributed by atoms with Crippen molar-refractivity contribution in [1.82, 2.24) is 20.9 Å². The van der Waals surface area contributed by atoms with Crippen LogP contribution in [0.4, 0.5) is 9.18 Å². The van der Waals surface area contributed by atoms with Crippen molar-refractivity contribution >= 4 is 33.5 Å². The minimum Gasteiger partial charge on any atom is -0.348 e. The molecule has 6 nitrogen and oxygen atoms in total. The van der Waals surface area contributed by atoms with E-state index < -0.39 is 12.1 Å². The Labute approximate surface area is 172 Å². The van der Waals surface area contributed by atoms with Crippen molar-refractivity contribution in [3.8, 4) is 0 Å². The van der Waals surface area contributed by atoms with Crippen LogP contribution in [0.5, 0.6) is 0 Å². The number of fused-ring (bicyclic) bond motifs is 1. The van der Waals surface area contributed by atoms with E-state index >= 15 is 0 Å². The van der Waals surface area contributed by atoms with Crippen LogP contribution in [0, 0.1) is 5.82 Å². The lowest BCUT2D eigenvalue weighted by Crippen LogP contribution is -2.49. The quantitative estimate of drug-likeness (QED) is 0.525. The maximum absolute atomic E-state index is 12.9. The number of urea groups is 1. The van der Waals surface area contributed by atoms with E-state index in [-0.39, 0.29) is 18.3 Å². The van der Waals surface area contributed by atoms with Crippen molar-refractivity contribution in [2.45, 2.75) is 38.9 Å². The van der Waals surface area contributed by atoms with Crippen LogP contribution in [-0.2, 0) is 17.9 Å². The van der Waals surface area contributed by atoms with Crippen molar-refractivity contribution in [1.29, 1.82) is 0 Å². The van der Waals surface area contributed by atoms with Gasteiger partial charge in [0.05, 0.1) is 16.8 Å². The summed E-state index contributed by atoms with van der Waals surface area (Å²) in [6, 6.07) is 12.6. The highest BCUT2D eigenvalue weighted by Crippen LogP contribution is 2.21. The molecule has 152 valence electrons. The van der Waals surface area contributed by atoms with Gasteiger partial charge in [-0.25, -0.2) is 14.2 Å². The van der Waals surface area contributed by atoms with Gasteiger partial charge < -0.3 is 16.0 Å². The molecular formula is C21H23FN4O2S. The molecule has 8 heteroatoms. The molecule has 3 aromatic rings. The number of amides is 3. The Kier molecular flexibility index (Phi) is 7.13. The molecule has 0 aliphatic heterocycles. The first-order valence-electron chi connectivity index (χ1n) is 9.46. The molecule has 3 amide bonds. The Morgan fingerprint density at radius 1 is 1.07 bits per heavy atom. The zero-order valence-corrected chi connectivity index (χ0v) is 16.9. The summed E-state index contributed by atoms with van der Waals surface area (Å²) in [5.41, 5.74) is 1.68. The van der Waals surface area contributed by atoms with Gasteiger partial charge in [0.15, 0.2) is 0 Å². The molecule has 0 spiro atoms. The van der Waals surface area contributed by atoms with Gasteiger partial charge in [0.1, 0.15) is 16.9 Å². The third kappa shape index (κ3) is 5.99. The van der Waals surface area contributed by atoms with Gasteiger partial charge in [-0.2, -0.15) is 0 Å². The average Bonchev–Trinajstić information content (AvgIpc) is 3.14. The first-order chi connectivity index (χ1) is 14.0. The van der Waals surface area contributed by atoms with Crippen LogP contribution < -0.4 is 16.0 Å². The number of carbonyl (C=O) groups is 2. The molecule has 3 N–H and O–H groups in total. The summed E-state index contributed by atoms with van der Waals surface area (Å²) in [4.78, 5) is 29.2. The fourth-order valence-electron chi connectivity index (χ4n) is 2.83. The number of carbonyl (C=O) groups excluding carboxylic acids is 2. The highest BCUT2D eigenvalue weighted by Gasteiger charge is 2.20.